The summed E-state index contributed by atoms with van der Waals surface area (Å²) >= 11 is 0. The molecule has 1 aliphatic heterocycles. The Hall–Kier alpha value is -3.74. The Morgan fingerprint density at radius 1 is 1.15 bits per heavy atom. The zero-order chi connectivity index (χ0) is 22.8. The summed E-state index contributed by atoms with van der Waals surface area (Å²) < 4.78 is 16.7. The topological polar surface area (TPSA) is 80.6 Å². The van der Waals surface area contributed by atoms with Crippen LogP contribution in [0.3, 0.4) is 0 Å². The van der Waals surface area contributed by atoms with Gasteiger partial charge < -0.3 is 23.8 Å². The summed E-state index contributed by atoms with van der Waals surface area (Å²) in [5.41, 5.74) is 2.61. The number of aromatic nitrogens is 2. The van der Waals surface area contributed by atoms with E-state index >= 15 is 0 Å². The second-order valence-corrected chi connectivity index (χ2v) is 8.42. The smallest absolute Gasteiger partial charge is 0.270 e. The standard InChI is InChI=1S/C26H27N3O4/c1-31-20-7-3-5-17(11-20)12-22-15-27-25(33-22)18-6-4-10-29(16-18)26(30)24-14-19-13-21(32-2)8-9-23(19)28-24/h3,5,7-9,11,13-15,18,28H,4,6,10,12,16H2,1-2H3/t18-/m0/s1. The summed E-state index contributed by atoms with van der Waals surface area (Å²) in [6.45, 7) is 1.32. The Bertz CT molecular complexity index is 1280. The van der Waals surface area contributed by atoms with Gasteiger partial charge in [-0.2, -0.15) is 0 Å². The Balaban J connectivity index is 1.28. The third-order valence-corrected chi connectivity index (χ3v) is 6.20. The van der Waals surface area contributed by atoms with E-state index in [4.69, 9.17) is 13.9 Å². The lowest BCUT2D eigenvalue weighted by Crippen LogP contribution is -2.39. The third-order valence-electron chi connectivity index (χ3n) is 6.20. The molecule has 1 N–H and O–H groups in total. The number of aromatic amines is 1. The van der Waals surface area contributed by atoms with E-state index in [1.807, 2.05) is 53.4 Å². The number of methoxy groups -OCH3 is 2. The molecule has 1 amide bonds. The molecular formula is C26H27N3O4. The van der Waals surface area contributed by atoms with E-state index in [9.17, 15) is 4.79 Å². The number of hydrogen-bond donors (Lipinski definition) is 1. The van der Waals surface area contributed by atoms with Gasteiger partial charge in [0.15, 0.2) is 5.89 Å². The Labute approximate surface area is 192 Å². The van der Waals surface area contributed by atoms with Crippen LogP contribution in [0.2, 0.25) is 0 Å². The molecule has 1 aliphatic rings. The Kier molecular flexibility index (Phi) is 5.77. The maximum atomic E-state index is 13.2. The maximum absolute atomic E-state index is 13.2. The number of rotatable bonds is 6. The molecule has 7 nitrogen and oxygen atoms in total. The number of fused-ring (bicyclic) bond motifs is 1. The van der Waals surface area contributed by atoms with Crippen LogP contribution in [-0.4, -0.2) is 48.1 Å². The molecule has 0 bridgehead atoms. The predicted molar refractivity (Wildman–Crippen MR) is 125 cm³/mol. The number of nitrogens with zero attached hydrogens (tertiary/aromatic N) is 2. The summed E-state index contributed by atoms with van der Waals surface area (Å²) in [4.78, 5) is 22.9. The van der Waals surface area contributed by atoms with E-state index in [-0.39, 0.29) is 11.8 Å². The first-order valence-corrected chi connectivity index (χ1v) is 11.2. The van der Waals surface area contributed by atoms with Crippen molar-refractivity contribution >= 4 is 16.8 Å². The number of ether oxygens (including phenoxy) is 2. The molecule has 0 radical (unpaired) electrons. The number of carbonyl (C=O) groups is 1. The van der Waals surface area contributed by atoms with Gasteiger partial charge >= 0.3 is 0 Å². The number of hydrogen-bond acceptors (Lipinski definition) is 5. The van der Waals surface area contributed by atoms with Crippen LogP contribution in [0.25, 0.3) is 10.9 Å². The van der Waals surface area contributed by atoms with Crippen molar-refractivity contribution in [1.29, 1.82) is 0 Å². The van der Waals surface area contributed by atoms with Crippen LogP contribution in [0.4, 0.5) is 0 Å². The first-order chi connectivity index (χ1) is 16.1. The number of nitrogens with one attached hydrogen (secondary N) is 1. The highest BCUT2D eigenvalue weighted by atomic mass is 16.5. The van der Waals surface area contributed by atoms with Crippen LogP contribution in [-0.2, 0) is 6.42 Å². The molecule has 1 fully saturated rings. The fourth-order valence-electron chi connectivity index (χ4n) is 4.46. The van der Waals surface area contributed by atoms with Crippen molar-refractivity contribution in [3.63, 3.8) is 0 Å². The summed E-state index contributed by atoms with van der Waals surface area (Å²) in [5.74, 6) is 3.19. The molecule has 2 aromatic carbocycles. The van der Waals surface area contributed by atoms with Crippen molar-refractivity contribution < 1.29 is 18.7 Å². The first-order valence-electron chi connectivity index (χ1n) is 11.2. The maximum Gasteiger partial charge on any atom is 0.270 e. The third kappa shape index (κ3) is 4.44. The molecule has 0 unspecified atom stereocenters. The van der Waals surface area contributed by atoms with E-state index in [1.54, 1.807) is 20.4 Å². The predicted octanol–water partition coefficient (Wildman–Crippen LogP) is 4.78. The molecule has 7 heteroatoms. The van der Waals surface area contributed by atoms with E-state index in [1.165, 1.54) is 0 Å². The van der Waals surface area contributed by atoms with Crippen molar-refractivity contribution in [2.24, 2.45) is 0 Å². The molecular weight excluding hydrogens is 418 g/mol. The van der Waals surface area contributed by atoms with Crippen molar-refractivity contribution in [3.05, 3.63) is 77.6 Å². The molecule has 4 aromatic rings. The molecule has 2 aromatic heterocycles. The highest BCUT2D eigenvalue weighted by Crippen LogP contribution is 2.29. The number of carbonyl (C=O) groups excluding carboxylic acids is 1. The average Bonchev–Trinajstić information content (AvgIpc) is 3.50. The van der Waals surface area contributed by atoms with Gasteiger partial charge in [0.05, 0.1) is 26.3 Å². The molecule has 0 saturated carbocycles. The van der Waals surface area contributed by atoms with E-state index < -0.39 is 0 Å². The summed E-state index contributed by atoms with van der Waals surface area (Å²) in [6, 6.07) is 15.6. The van der Waals surface area contributed by atoms with Crippen molar-refractivity contribution in [2.75, 3.05) is 27.3 Å². The Morgan fingerprint density at radius 3 is 2.85 bits per heavy atom. The fraction of sp³-hybridized carbons (Fsp3) is 0.308. The van der Waals surface area contributed by atoms with E-state index in [0.29, 0.717) is 24.6 Å². The van der Waals surface area contributed by atoms with Gasteiger partial charge in [0, 0.05) is 30.4 Å². The molecule has 0 spiro atoms. The van der Waals surface area contributed by atoms with Gasteiger partial charge in [0.2, 0.25) is 0 Å². The van der Waals surface area contributed by atoms with Gasteiger partial charge in [-0.05, 0) is 54.8 Å². The van der Waals surface area contributed by atoms with Crippen molar-refractivity contribution in [3.8, 4) is 11.5 Å². The summed E-state index contributed by atoms with van der Waals surface area (Å²) in [5, 5.41) is 0.959. The largest absolute Gasteiger partial charge is 0.497 e. The second-order valence-electron chi connectivity index (χ2n) is 8.42. The number of amides is 1. The van der Waals surface area contributed by atoms with Crippen LogP contribution in [0.5, 0.6) is 11.5 Å². The minimum atomic E-state index is -0.00183. The highest BCUT2D eigenvalue weighted by Gasteiger charge is 2.29. The minimum absolute atomic E-state index is 0.00183. The zero-order valence-electron chi connectivity index (χ0n) is 18.8. The minimum Gasteiger partial charge on any atom is -0.497 e. The zero-order valence-corrected chi connectivity index (χ0v) is 18.8. The fourth-order valence-corrected chi connectivity index (χ4v) is 4.46. The summed E-state index contributed by atoms with van der Waals surface area (Å²) in [6.07, 6.45) is 4.31. The SMILES string of the molecule is COc1cccc(Cc2cnc([C@H]3CCCN(C(=O)c4cc5cc(OC)ccc5[nH]4)C3)o2)c1. The van der Waals surface area contributed by atoms with Gasteiger partial charge in [-0.1, -0.05) is 12.1 Å². The van der Waals surface area contributed by atoms with Gasteiger partial charge in [0.1, 0.15) is 23.0 Å². The molecule has 0 aliphatic carbocycles. The van der Waals surface area contributed by atoms with Crippen molar-refractivity contribution in [2.45, 2.75) is 25.2 Å². The van der Waals surface area contributed by atoms with Gasteiger partial charge in [-0.3, -0.25) is 4.79 Å². The number of benzene rings is 2. The number of likely N-dealkylation sites (tertiary alicyclic amines) is 1. The number of oxazole rings is 1. The molecule has 5 rings (SSSR count). The number of H-pyrrole nitrogens is 1. The van der Waals surface area contributed by atoms with E-state index in [2.05, 4.69) is 9.97 Å². The van der Waals surface area contributed by atoms with Gasteiger partial charge in [-0.25, -0.2) is 4.98 Å². The molecule has 170 valence electrons. The summed E-state index contributed by atoms with van der Waals surface area (Å²) in [7, 11) is 3.30. The van der Waals surface area contributed by atoms with Crippen LogP contribution >= 0.6 is 0 Å². The quantitative estimate of drug-likeness (QED) is 0.462. The Morgan fingerprint density at radius 2 is 2.00 bits per heavy atom. The van der Waals surface area contributed by atoms with Crippen LogP contribution in [0.1, 0.15) is 46.5 Å². The molecule has 1 saturated heterocycles. The number of piperidine rings is 1. The van der Waals surface area contributed by atoms with Crippen LogP contribution in [0.15, 0.2) is 59.1 Å². The van der Waals surface area contributed by atoms with Crippen molar-refractivity contribution in [1.82, 2.24) is 14.9 Å². The average molecular weight is 446 g/mol. The van der Waals surface area contributed by atoms with Crippen LogP contribution in [0, 0.1) is 0 Å². The molecule has 33 heavy (non-hydrogen) atoms. The normalized spacial score (nSPS) is 16.2. The lowest BCUT2D eigenvalue weighted by atomic mass is 9.97. The first kappa shape index (κ1) is 21.1. The lowest BCUT2D eigenvalue weighted by Gasteiger charge is -2.31. The lowest BCUT2D eigenvalue weighted by molar-refractivity contribution is 0.0693. The molecule has 1 atom stereocenters. The van der Waals surface area contributed by atoms with Crippen LogP contribution < -0.4 is 9.47 Å². The molecule has 3 heterocycles. The highest BCUT2D eigenvalue weighted by molar-refractivity contribution is 5.98. The second kappa shape index (κ2) is 9.02. The van der Waals surface area contributed by atoms with E-state index in [0.717, 1.165) is 53.1 Å². The monoisotopic (exact) mass is 445 g/mol. The van der Waals surface area contributed by atoms with Gasteiger partial charge in [0.25, 0.3) is 5.91 Å². The van der Waals surface area contributed by atoms with Gasteiger partial charge in [-0.15, -0.1) is 0 Å².